The molecule has 5 heteroatoms. The Morgan fingerprint density at radius 1 is 1.16 bits per heavy atom. The van der Waals surface area contributed by atoms with Crippen LogP contribution in [-0.4, -0.2) is 44.7 Å². The van der Waals surface area contributed by atoms with E-state index in [2.05, 4.69) is 6.92 Å². The summed E-state index contributed by atoms with van der Waals surface area (Å²) in [5.41, 5.74) is 0. The van der Waals surface area contributed by atoms with Gasteiger partial charge in [0.2, 0.25) is 0 Å². The minimum absolute atomic E-state index is 0.0650. The first-order valence-electron chi connectivity index (χ1n) is 9.55. The van der Waals surface area contributed by atoms with E-state index in [0.717, 1.165) is 25.7 Å². The van der Waals surface area contributed by atoms with Gasteiger partial charge in [0.1, 0.15) is 0 Å². The van der Waals surface area contributed by atoms with E-state index in [-0.39, 0.29) is 18.3 Å². The molecule has 0 amide bonds. The fourth-order valence-corrected chi connectivity index (χ4v) is 3.41. The molecular formula is C20H34O5. The molecule has 0 aromatic rings. The molecule has 5 atom stereocenters. The molecular weight excluding hydrogens is 325 g/mol. The van der Waals surface area contributed by atoms with Crippen LogP contribution in [-0.2, 0) is 4.79 Å². The summed E-state index contributed by atoms with van der Waals surface area (Å²) >= 11 is 0. The predicted molar refractivity (Wildman–Crippen MR) is 98.1 cm³/mol. The SMILES string of the molecule is CCCCC[C@H](O)/C=C/[C@@H]1[C@@H](C/C=[13CH]\[13CH2][13CH2][13CH2][13C](=O)O)[C@@H](O)C[C@H]1O. The Labute approximate surface area is 151 Å². The molecule has 1 fully saturated rings. The Morgan fingerprint density at radius 2 is 1.92 bits per heavy atom. The number of carboxylic acids is 1. The molecule has 1 rings (SSSR count). The smallest absolute Gasteiger partial charge is 0.303 e. The van der Waals surface area contributed by atoms with Crippen LogP contribution in [0, 0.1) is 11.8 Å². The molecule has 0 aliphatic heterocycles. The lowest BCUT2D eigenvalue weighted by Crippen LogP contribution is -2.20. The van der Waals surface area contributed by atoms with Crippen LogP contribution in [0.3, 0.4) is 0 Å². The molecule has 0 bridgehead atoms. The Hall–Kier alpha value is -1.17. The highest BCUT2D eigenvalue weighted by molar-refractivity contribution is 5.66. The molecule has 5 nitrogen and oxygen atoms in total. The summed E-state index contributed by atoms with van der Waals surface area (Å²) in [6.07, 6.45) is 12.3. The number of aliphatic hydroxyl groups is 3. The first-order valence-corrected chi connectivity index (χ1v) is 9.55. The van der Waals surface area contributed by atoms with Gasteiger partial charge in [0.15, 0.2) is 0 Å². The van der Waals surface area contributed by atoms with Crippen LogP contribution >= 0.6 is 0 Å². The van der Waals surface area contributed by atoms with Gasteiger partial charge >= 0.3 is 5.97 Å². The van der Waals surface area contributed by atoms with E-state index >= 15 is 0 Å². The third-order valence-corrected chi connectivity index (χ3v) is 4.91. The molecule has 1 aliphatic rings. The number of rotatable bonds is 12. The lowest BCUT2D eigenvalue weighted by atomic mass is 9.90. The lowest BCUT2D eigenvalue weighted by molar-refractivity contribution is -0.137. The second-order valence-corrected chi connectivity index (χ2v) is 7.05. The maximum atomic E-state index is 10.5. The molecule has 0 aromatic carbocycles. The van der Waals surface area contributed by atoms with Crippen LogP contribution in [0.1, 0.15) is 64.7 Å². The van der Waals surface area contributed by atoms with Crippen LogP contribution in [0.25, 0.3) is 0 Å². The first kappa shape index (κ1) is 21.9. The molecule has 0 spiro atoms. The van der Waals surface area contributed by atoms with Crippen molar-refractivity contribution in [3.8, 4) is 0 Å². The van der Waals surface area contributed by atoms with E-state index in [0.29, 0.717) is 25.7 Å². The molecule has 25 heavy (non-hydrogen) atoms. The van der Waals surface area contributed by atoms with Crippen molar-refractivity contribution >= 4 is 5.97 Å². The van der Waals surface area contributed by atoms with Gasteiger partial charge in [-0.15, -0.1) is 0 Å². The normalized spacial score (nSPS) is 28.2. The van der Waals surface area contributed by atoms with Crippen molar-refractivity contribution in [3.05, 3.63) is 24.3 Å². The van der Waals surface area contributed by atoms with Gasteiger partial charge in [-0.2, -0.15) is 0 Å². The summed E-state index contributed by atoms with van der Waals surface area (Å²) in [5, 5.41) is 39.0. The zero-order valence-corrected chi connectivity index (χ0v) is 15.3. The molecule has 0 radical (unpaired) electrons. The molecule has 0 saturated heterocycles. The standard InChI is InChI=1S/C20H34O5/c1-2-3-6-9-15(21)12-13-17-16(18(22)14-19(17)23)10-7-4-5-8-11-20(24)25/h4,7,12-13,15-19,21-23H,2-3,5-6,8-11,14H2,1H3,(H,24,25)/b7-4-,13-12+/t15-,16+,17+,18-,19+/m0/s1/i4+1,5+1,8+1,11+1,20+1. The molecule has 0 unspecified atom stereocenters. The zero-order chi connectivity index (χ0) is 18.7. The van der Waals surface area contributed by atoms with E-state index in [1.165, 1.54) is 0 Å². The summed E-state index contributed by atoms with van der Waals surface area (Å²) in [5.74, 6) is -1.00. The van der Waals surface area contributed by atoms with Gasteiger partial charge in [0.25, 0.3) is 0 Å². The Morgan fingerprint density at radius 3 is 2.60 bits per heavy atom. The number of carboxylic acid groups (broad SMARTS) is 1. The van der Waals surface area contributed by atoms with Crippen molar-refractivity contribution in [1.82, 2.24) is 0 Å². The van der Waals surface area contributed by atoms with Crippen LogP contribution in [0.4, 0.5) is 0 Å². The monoisotopic (exact) mass is 359 g/mol. The zero-order valence-electron chi connectivity index (χ0n) is 15.3. The van der Waals surface area contributed by atoms with Crippen molar-refractivity contribution < 1.29 is 25.2 Å². The van der Waals surface area contributed by atoms with Crippen LogP contribution in [0.2, 0.25) is 0 Å². The van der Waals surface area contributed by atoms with Crippen LogP contribution in [0.5, 0.6) is 0 Å². The van der Waals surface area contributed by atoms with Gasteiger partial charge in [-0.1, -0.05) is 50.5 Å². The van der Waals surface area contributed by atoms with Gasteiger partial charge in [0, 0.05) is 18.8 Å². The summed E-state index contributed by atoms with van der Waals surface area (Å²) < 4.78 is 0. The minimum Gasteiger partial charge on any atom is -0.481 e. The third kappa shape index (κ3) is 8.66. The summed E-state index contributed by atoms with van der Waals surface area (Å²) in [7, 11) is 0. The Balaban J connectivity index is 2.46. The van der Waals surface area contributed by atoms with E-state index in [9.17, 15) is 20.1 Å². The third-order valence-electron chi connectivity index (χ3n) is 4.91. The van der Waals surface area contributed by atoms with E-state index < -0.39 is 24.3 Å². The number of unbranched alkanes of at least 4 members (excludes halogenated alkanes) is 3. The molecule has 4 N–H and O–H groups in total. The molecule has 0 heterocycles. The lowest BCUT2D eigenvalue weighted by Gasteiger charge is -2.19. The molecule has 1 saturated carbocycles. The largest absolute Gasteiger partial charge is 0.481 e. The highest BCUT2D eigenvalue weighted by Gasteiger charge is 2.39. The number of hydrogen-bond acceptors (Lipinski definition) is 4. The molecule has 1 aliphatic carbocycles. The topological polar surface area (TPSA) is 98.0 Å². The van der Waals surface area contributed by atoms with Crippen molar-refractivity contribution in [1.29, 1.82) is 0 Å². The summed E-state index contributed by atoms with van der Waals surface area (Å²) in [6.45, 7) is 2.12. The van der Waals surface area contributed by atoms with Gasteiger partial charge < -0.3 is 20.4 Å². The van der Waals surface area contributed by atoms with Gasteiger partial charge in [0.05, 0.1) is 18.3 Å². The van der Waals surface area contributed by atoms with Gasteiger partial charge in [-0.05, 0) is 31.6 Å². The predicted octanol–water partition coefficient (Wildman–Crippen LogP) is 3.04. The van der Waals surface area contributed by atoms with Gasteiger partial charge in [-0.3, -0.25) is 4.79 Å². The highest BCUT2D eigenvalue weighted by atomic mass is 16.5. The fourth-order valence-electron chi connectivity index (χ4n) is 3.41. The molecule has 0 aromatic heterocycles. The average molecular weight is 359 g/mol. The van der Waals surface area contributed by atoms with Crippen molar-refractivity contribution in [2.75, 3.05) is 0 Å². The molecule has 144 valence electrons. The summed E-state index contributed by atoms with van der Waals surface area (Å²) in [4.78, 5) is 10.5. The van der Waals surface area contributed by atoms with Crippen molar-refractivity contribution in [2.24, 2.45) is 11.8 Å². The minimum atomic E-state index is -0.787. The number of aliphatic carboxylic acids is 1. The maximum Gasteiger partial charge on any atom is 0.303 e. The summed E-state index contributed by atoms with van der Waals surface area (Å²) in [6, 6.07) is 0. The van der Waals surface area contributed by atoms with Crippen LogP contribution < -0.4 is 0 Å². The van der Waals surface area contributed by atoms with E-state index in [1.54, 1.807) is 6.08 Å². The maximum absolute atomic E-state index is 10.5. The average Bonchev–Trinajstić information content (AvgIpc) is 2.82. The fraction of sp³-hybridized carbons (Fsp3) is 0.750. The number of carbonyl (C=O) groups is 1. The Bertz CT molecular complexity index is 432. The van der Waals surface area contributed by atoms with Gasteiger partial charge in [-0.25, -0.2) is 0 Å². The van der Waals surface area contributed by atoms with E-state index in [4.69, 9.17) is 5.11 Å². The number of allylic oxidation sites excluding steroid dienone is 2. The quantitative estimate of drug-likeness (QED) is 0.244. The second-order valence-electron chi connectivity index (χ2n) is 7.05. The van der Waals surface area contributed by atoms with Crippen LogP contribution in [0.15, 0.2) is 24.3 Å². The number of aliphatic hydroxyl groups excluding tert-OH is 3. The number of hydrogen-bond donors (Lipinski definition) is 4. The van der Waals surface area contributed by atoms with E-state index in [1.807, 2.05) is 18.2 Å². The second kappa shape index (κ2) is 12.2. The Kier molecular flexibility index (Phi) is 10.7. The first-order chi connectivity index (χ1) is 12.0. The highest BCUT2D eigenvalue weighted by Crippen LogP contribution is 2.36. The van der Waals surface area contributed by atoms with Crippen molar-refractivity contribution in [3.63, 3.8) is 0 Å². The van der Waals surface area contributed by atoms with Crippen molar-refractivity contribution in [2.45, 2.75) is 83.0 Å².